The molecule has 17 nitrogen and oxygen atoms in total. The highest BCUT2D eigenvalue weighted by Gasteiger charge is 2.26. The second kappa shape index (κ2) is 15.5. The molecule has 3 aromatic rings. The van der Waals surface area contributed by atoms with E-state index in [-0.39, 0.29) is 51.2 Å². The number of carbonyl (C=O) groups is 3. The molecule has 244 valence electrons. The zero-order valence-corrected chi connectivity index (χ0v) is 26.8. The van der Waals surface area contributed by atoms with Gasteiger partial charge >= 0.3 is 18.0 Å². The monoisotopic (exact) mass is 709 g/mol. The van der Waals surface area contributed by atoms with Crippen LogP contribution >= 0.6 is 23.2 Å². The molecule has 1 heterocycles. The number of carboxylic acid groups (broad SMARTS) is 2. The van der Waals surface area contributed by atoms with Gasteiger partial charge in [0, 0.05) is 6.54 Å². The summed E-state index contributed by atoms with van der Waals surface area (Å²) < 4.78 is 66.3. The molecule has 3 rings (SSSR count). The fourth-order valence-electron chi connectivity index (χ4n) is 3.20. The first-order valence-corrected chi connectivity index (χ1v) is 15.9. The van der Waals surface area contributed by atoms with Crippen molar-refractivity contribution < 1.29 is 55.6 Å². The Morgan fingerprint density at radius 1 is 0.844 bits per heavy atom. The number of hydrogen-bond acceptors (Lipinski definition) is 12. The van der Waals surface area contributed by atoms with Gasteiger partial charge in [-0.2, -0.15) is 9.97 Å². The van der Waals surface area contributed by atoms with Crippen molar-refractivity contribution in [3.63, 3.8) is 0 Å². The van der Waals surface area contributed by atoms with Crippen LogP contribution in [0.1, 0.15) is 26.3 Å². The van der Waals surface area contributed by atoms with Gasteiger partial charge in [0.05, 0.1) is 49.3 Å². The van der Waals surface area contributed by atoms with E-state index in [1.807, 2.05) is 0 Å². The molecular formula is C24H25Cl2N5O12S2. The largest absolute Gasteiger partial charge is 0.494 e. The second-order valence-corrected chi connectivity index (χ2v) is 12.6. The van der Waals surface area contributed by atoms with E-state index < -0.39 is 48.5 Å². The van der Waals surface area contributed by atoms with Crippen LogP contribution in [0.2, 0.25) is 10.0 Å². The molecule has 1 aromatic heterocycles. The van der Waals surface area contributed by atoms with Crippen LogP contribution in [0.25, 0.3) is 0 Å². The molecule has 0 fully saturated rings. The van der Waals surface area contributed by atoms with Gasteiger partial charge in [-0.3, -0.25) is 5.32 Å². The number of anilines is 1. The third-order valence-corrected chi connectivity index (χ3v) is 7.78. The Labute approximate surface area is 266 Å². The topological polar surface area (TPSA) is 250 Å². The number of methoxy groups -OCH3 is 3. The number of aromatic carboxylic acids is 2. The van der Waals surface area contributed by atoms with Crippen molar-refractivity contribution in [3.8, 4) is 17.5 Å². The maximum Gasteiger partial charge on any atom is 0.341 e. The molecule has 5 N–H and O–H groups in total. The normalized spacial score (nSPS) is 11.0. The Morgan fingerprint density at radius 2 is 1.42 bits per heavy atom. The molecule has 0 bridgehead atoms. The summed E-state index contributed by atoms with van der Waals surface area (Å²) >= 11 is 11.4. The molecule has 0 saturated carbocycles. The number of nitrogens with one attached hydrogen (secondary N) is 3. The average Bonchev–Trinajstić information content (AvgIpc) is 2.95. The minimum absolute atomic E-state index is 0.0225. The molecule has 2 amide bonds. The first-order valence-electron chi connectivity index (χ1n) is 11.8. The Kier molecular flexibility index (Phi) is 12.7. The molecule has 0 spiro atoms. The summed E-state index contributed by atoms with van der Waals surface area (Å²) in [5.74, 6) is -2.96. The summed E-state index contributed by atoms with van der Waals surface area (Å²) in [4.78, 5) is 41.3. The fourth-order valence-corrected chi connectivity index (χ4v) is 5.24. The van der Waals surface area contributed by atoms with Crippen molar-refractivity contribution in [3.05, 3.63) is 63.1 Å². The maximum atomic E-state index is 12.7. The first kappa shape index (κ1) is 36.8. The van der Waals surface area contributed by atoms with Crippen LogP contribution < -0.4 is 29.0 Å². The minimum Gasteiger partial charge on any atom is -0.494 e. The molecule has 0 aliphatic rings. The minimum atomic E-state index is -4.70. The SMILES string of the molecule is COc1c(Cl)ccc(Cl)c1C(=O)O.COc1cc(OC)nc(NC(=O)NS(=O)(=O)c2cc(CNS(C)(=O)=O)ccc2C(=O)O)n1. The first-order chi connectivity index (χ1) is 20.9. The summed E-state index contributed by atoms with van der Waals surface area (Å²) in [6.45, 7) is -0.301. The third-order valence-electron chi connectivity index (χ3n) is 5.13. The predicted octanol–water partition coefficient (Wildman–Crippen LogP) is 2.45. The highest BCUT2D eigenvalue weighted by atomic mass is 35.5. The smallest absolute Gasteiger partial charge is 0.341 e. The van der Waals surface area contributed by atoms with Gasteiger partial charge in [-0.05, 0) is 29.8 Å². The number of carbonyl (C=O) groups excluding carboxylic acids is 1. The lowest BCUT2D eigenvalue weighted by molar-refractivity contribution is 0.0682. The number of ether oxygens (including phenoxy) is 3. The molecular weight excluding hydrogens is 685 g/mol. The summed E-state index contributed by atoms with van der Waals surface area (Å²) in [5.41, 5.74) is -0.605. The van der Waals surface area contributed by atoms with E-state index in [0.717, 1.165) is 18.4 Å². The molecule has 0 aliphatic heterocycles. The highest BCUT2D eigenvalue weighted by Crippen LogP contribution is 2.33. The van der Waals surface area contributed by atoms with E-state index in [9.17, 15) is 36.3 Å². The lowest BCUT2D eigenvalue weighted by Gasteiger charge is -2.12. The van der Waals surface area contributed by atoms with Crippen LogP contribution in [-0.4, -0.2) is 82.6 Å². The summed E-state index contributed by atoms with van der Waals surface area (Å²) in [5, 5.41) is 20.5. The second-order valence-electron chi connectivity index (χ2n) is 8.31. The standard InChI is InChI=1S/C16H19N5O9S2.C8H6Cl2O3/c1-29-12-7-13(30-2)19-15(18-12)20-16(24)21-32(27,28)11-6-9(8-17-31(3,25)26)4-5-10(11)14(22)23;1-13-7-5(10)3-2-4(9)6(7)8(11)12/h4-7,17H,8H2,1-3H3,(H,22,23)(H2,18,19,20,21,24);2-3H,1H3,(H,11,12). The average molecular weight is 711 g/mol. The number of aromatic nitrogens is 2. The molecule has 21 heteroatoms. The number of rotatable bonds is 11. The van der Waals surface area contributed by atoms with Gasteiger partial charge in [0.1, 0.15) is 10.5 Å². The Bertz CT molecular complexity index is 1800. The number of amides is 2. The van der Waals surface area contributed by atoms with Gasteiger partial charge in [0.15, 0.2) is 5.75 Å². The zero-order valence-electron chi connectivity index (χ0n) is 23.6. The van der Waals surface area contributed by atoms with E-state index in [1.165, 1.54) is 45.6 Å². The number of hydrogen-bond donors (Lipinski definition) is 5. The molecule has 0 aliphatic carbocycles. The van der Waals surface area contributed by atoms with Crippen LogP contribution in [0, 0.1) is 0 Å². The van der Waals surface area contributed by atoms with E-state index >= 15 is 0 Å². The van der Waals surface area contributed by atoms with Crippen LogP contribution in [0.3, 0.4) is 0 Å². The van der Waals surface area contributed by atoms with Crippen LogP contribution in [0.4, 0.5) is 10.7 Å². The number of benzene rings is 2. The highest BCUT2D eigenvalue weighted by molar-refractivity contribution is 7.90. The van der Waals surface area contributed by atoms with Crippen LogP contribution in [-0.2, 0) is 26.6 Å². The van der Waals surface area contributed by atoms with Gasteiger partial charge in [0.2, 0.25) is 27.7 Å². The molecule has 2 aromatic carbocycles. The van der Waals surface area contributed by atoms with Crippen molar-refractivity contribution in [2.24, 2.45) is 0 Å². The number of sulfonamides is 2. The van der Waals surface area contributed by atoms with Crippen molar-refractivity contribution in [1.82, 2.24) is 19.4 Å². The van der Waals surface area contributed by atoms with Gasteiger partial charge in [-0.25, -0.2) is 40.7 Å². The molecule has 45 heavy (non-hydrogen) atoms. The van der Waals surface area contributed by atoms with Crippen molar-refractivity contribution >= 4 is 67.2 Å². The summed E-state index contributed by atoms with van der Waals surface area (Å²) in [6, 6.07) is 6.06. The van der Waals surface area contributed by atoms with Gasteiger partial charge in [0.25, 0.3) is 10.0 Å². The molecule has 0 unspecified atom stereocenters. The Morgan fingerprint density at radius 3 is 1.89 bits per heavy atom. The fraction of sp³-hybridized carbons (Fsp3) is 0.208. The van der Waals surface area contributed by atoms with Crippen LogP contribution in [0.5, 0.6) is 17.5 Å². The summed E-state index contributed by atoms with van der Waals surface area (Å²) in [7, 11) is -4.35. The Balaban J connectivity index is 0.000000452. The van der Waals surface area contributed by atoms with E-state index in [1.54, 1.807) is 4.72 Å². The van der Waals surface area contributed by atoms with Crippen molar-refractivity contribution in [1.29, 1.82) is 0 Å². The lowest BCUT2D eigenvalue weighted by atomic mass is 10.1. The summed E-state index contributed by atoms with van der Waals surface area (Å²) in [6.07, 6.45) is 0.901. The van der Waals surface area contributed by atoms with Crippen LogP contribution in [0.15, 0.2) is 41.3 Å². The van der Waals surface area contributed by atoms with Gasteiger partial charge in [-0.15, -0.1) is 0 Å². The molecule has 0 saturated heterocycles. The maximum absolute atomic E-state index is 12.7. The number of urea groups is 1. The lowest BCUT2D eigenvalue weighted by Crippen LogP contribution is -2.35. The van der Waals surface area contributed by atoms with Crippen molar-refractivity contribution in [2.45, 2.75) is 11.4 Å². The van der Waals surface area contributed by atoms with Gasteiger partial charge < -0.3 is 24.4 Å². The van der Waals surface area contributed by atoms with E-state index in [0.29, 0.717) is 0 Å². The van der Waals surface area contributed by atoms with Crippen molar-refractivity contribution in [2.75, 3.05) is 32.9 Å². The quantitative estimate of drug-likeness (QED) is 0.192. The number of nitrogens with zero attached hydrogens (tertiary/aromatic N) is 2. The molecule has 0 atom stereocenters. The zero-order chi connectivity index (χ0) is 34.1. The third kappa shape index (κ3) is 10.6. The van der Waals surface area contributed by atoms with E-state index in [2.05, 4.69) is 20.0 Å². The number of halogens is 2. The van der Waals surface area contributed by atoms with E-state index in [4.69, 9.17) is 42.5 Å². The Hall–Kier alpha value is -4.43. The molecule has 0 radical (unpaired) electrons. The van der Waals surface area contributed by atoms with Gasteiger partial charge in [-0.1, -0.05) is 29.3 Å². The number of carboxylic acids is 2. The predicted molar refractivity (Wildman–Crippen MR) is 160 cm³/mol.